The van der Waals surface area contributed by atoms with Crippen LogP contribution in [0.3, 0.4) is 0 Å². The molecule has 0 amide bonds. The van der Waals surface area contributed by atoms with Crippen molar-refractivity contribution in [1.29, 1.82) is 0 Å². The van der Waals surface area contributed by atoms with Crippen LogP contribution in [0.2, 0.25) is 0 Å². The molecule has 0 aliphatic rings. The number of nitrogens with one attached hydrogen (secondary N) is 1. The molecule has 0 bridgehead atoms. The number of aromatic nitrogens is 2. The van der Waals surface area contributed by atoms with Crippen LogP contribution in [-0.4, -0.2) is 16.8 Å². The Morgan fingerprint density at radius 2 is 2.06 bits per heavy atom. The van der Waals surface area contributed by atoms with E-state index in [2.05, 4.69) is 26.1 Å². The summed E-state index contributed by atoms with van der Waals surface area (Å²) < 4.78 is 5.87. The first-order valence-electron chi connectivity index (χ1n) is 5.17. The molecule has 0 aliphatic carbocycles. The van der Waals surface area contributed by atoms with E-state index in [4.69, 9.17) is 4.74 Å². The first kappa shape index (κ1) is 11.9. The van der Waals surface area contributed by atoms with Crippen molar-refractivity contribution in [1.82, 2.24) is 10.2 Å². The third kappa shape index (κ3) is 3.17. The van der Waals surface area contributed by atoms with Crippen LogP contribution in [0, 0.1) is 0 Å². The van der Waals surface area contributed by atoms with Gasteiger partial charge in [-0.3, -0.25) is 4.79 Å². The molecule has 0 saturated carbocycles. The van der Waals surface area contributed by atoms with E-state index in [1.54, 1.807) is 0 Å². The number of H-pyrrole nitrogens is 1. The van der Waals surface area contributed by atoms with Gasteiger partial charge in [-0.25, -0.2) is 5.10 Å². The molecular formula is C12H11BrN2O2. The number of nitrogens with zero attached hydrogens (tertiary/aromatic N) is 1. The van der Waals surface area contributed by atoms with Gasteiger partial charge in [-0.15, -0.1) is 0 Å². The largest absolute Gasteiger partial charge is 0.490 e. The molecule has 0 aliphatic heterocycles. The summed E-state index contributed by atoms with van der Waals surface area (Å²) in [6.07, 6.45) is 2.27. The Morgan fingerprint density at radius 1 is 1.29 bits per heavy atom. The summed E-state index contributed by atoms with van der Waals surface area (Å²) in [4.78, 5) is 11.2. The minimum absolute atomic E-state index is 0.290. The molecule has 1 aromatic carbocycles. The van der Waals surface area contributed by atoms with Gasteiger partial charge in [-0.1, -0.05) is 30.3 Å². The molecule has 88 valence electrons. The van der Waals surface area contributed by atoms with Gasteiger partial charge in [0.2, 0.25) is 0 Å². The molecule has 2 aromatic rings. The van der Waals surface area contributed by atoms with Crippen LogP contribution >= 0.6 is 15.9 Å². The van der Waals surface area contributed by atoms with Crippen molar-refractivity contribution in [3.8, 4) is 5.75 Å². The normalized spacial score (nSPS) is 10.2. The first-order chi connectivity index (χ1) is 8.27. The number of hydrogen-bond acceptors (Lipinski definition) is 3. The number of benzene rings is 1. The fourth-order valence-electron chi connectivity index (χ4n) is 1.39. The molecule has 0 atom stereocenters. The van der Waals surface area contributed by atoms with Crippen LogP contribution in [0.5, 0.6) is 5.75 Å². The van der Waals surface area contributed by atoms with Crippen LogP contribution < -0.4 is 10.3 Å². The maximum atomic E-state index is 11.2. The average Bonchev–Trinajstić information content (AvgIpc) is 2.36. The quantitative estimate of drug-likeness (QED) is 0.940. The molecule has 5 heteroatoms. The second-order valence-electron chi connectivity index (χ2n) is 3.46. The van der Waals surface area contributed by atoms with Crippen LogP contribution in [0.15, 0.2) is 45.8 Å². The minimum atomic E-state index is -0.290. The summed E-state index contributed by atoms with van der Waals surface area (Å²) in [7, 11) is 0. The lowest BCUT2D eigenvalue weighted by atomic mass is 10.2. The highest BCUT2D eigenvalue weighted by atomic mass is 79.9. The van der Waals surface area contributed by atoms with Gasteiger partial charge in [0, 0.05) is 6.42 Å². The predicted molar refractivity (Wildman–Crippen MR) is 68.2 cm³/mol. The number of rotatable bonds is 4. The van der Waals surface area contributed by atoms with Crippen LogP contribution in [-0.2, 0) is 6.42 Å². The molecule has 0 saturated heterocycles. The van der Waals surface area contributed by atoms with Gasteiger partial charge < -0.3 is 4.74 Å². The summed E-state index contributed by atoms with van der Waals surface area (Å²) in [5, 5.41) is 5.99. The van der Waals surface area contributed by atoms with Crippen LogP contribution in [0.25, 0.3) is 0 Å². The molecular weight excluding hydrogens is 284 g/mol. The van der Waals surface area contributed by atoms with E-state index in [0.29, 0.717) is 16.8 Å². The molecule has 1 heterocycles. The lowest BCUT2D eigenvalue weighted by molar-refractivity contribution is 0.317. The Labute approximate surface area is 107 Å². The van der Waals surface area contributed by atoms with Crippen LogP contribution in [0.4, 0.5) is 0 Å². The van der Waals surface area contributed by atoms with E-state index in [-0.39, 0.29) is 5.56 Å². The average molecular weight is 295 g/mol. The van der Waals surface area contributed by atoms with E-state index in [0.717, 1.165) is 6.42 Å². The Bertz CT molecular complexity index is 540. The zero-order chi connectivity index (χ0) is 12.1. The molecule has 1 aromatic heterocycles. The maximum Gasteiger partial charge on any atom is 0.282 e. The highest BCUT2D eigenvalue weighted by Crippen LogP contribution is 2.18. The van der Waals surface area contributed by atoms with Crippen molar-refractivity contribution in [3.05, 3.63) is 56.9 Å². The van der Waals surface area contributed by atoms with Crippen molar-refractivity contribution in [2.24, 2.45) is 0 Å². The van der Waals surface area contributed by atoms with Crippen molar-refractivity contribution < 1.29 is 4.74 Å². The molecule has 0 unspecified atom stereocenters. The minimum Gasteiger partial charge on any atom is -0.490 e. The van der Waals surface area contributed by atoms with Gasteiger partial charge in [0.1, 0.15) is 4.47 Å². The summed E-state index contributed by atoms with van der Waals surface area (Å²) >= 11 is 3.16. The summed E-state index contributed by atoms with van der Waals surface area (Å²) in [6, 6.07) is 10.0. The molecule has 4 nitrogen and oxygen atoms in total. The Morgan fingerprint density at radius 3 is 2.82 bits per heavy atom. The fourth-order valence-corrected chi connectivity index (χ4v) is 1.70. The molecule has 0 radical (unpaired) electrons. The zero-order valence-electron chi connectivity index (χ0n) is 9.02. The molecule has 2 rings (SSSR count). The molecule has 1 N–H and O–H groups in total. The third-order valence-corrected chi connectivity index (χ3v) is 3.01. The summed E-state index contributed by atoms with van der Waals surface area (Å²) in [5.74, 6) is 0.463. The van der Waals surface area contributed by atoms with Gasteiger partial charge in [0.15, 0.2) is 5.75 Å². The molecule has 0 fully saturated rings. The van der Waals surface area contributed by atoms with Gasteiger partial charge in [0.25, 0.3) is 5.56 Å². The van der Waals surface area contributed by atoms with Gasteiger partial charge in [-0.2, -0.15) is 5.10 Å². The van der Waals surface area contributed by atoms with Crippen molar-refractivity contribution in [3.63, 3.8) is 0 Å². The van der Waals surface area contributed by atoms with Gasteiger partial charge >= 0.3 is 0 Å². The van der Waals surface area contributed by atoms with Crippen molar-refractivity contribution >= 4 is 15.9 Å². The number of aromatic amines is 1. The van der Waals surface area contributed by atoms with Crippen molar-refractivity contribution in [2.45, 2.75) is 6.42 Å². The summed E-state index contributed by atoms with van der Waals surface area (Å²) in [5.41, 5.74) is 0.906. The van der Waals surface area contributed by atoms with Gasteiger partial charge in [0.05, 0.1) is 12.8 Å². The maximum absolute atomic E-state index is 11.2. The number of ether oxygens (including phenoxy) is 1. The summed E-state index contributed by atoms with van der Waals surface area (Å²) in [6.45, 7) is 0.508. The number of halogens is 1. The van der Waals surface area contributed by atoms with Crippen LogP contribution in [0.1, 0.15) is 5.56 Å². The SMILES string of the molecule is O=c1[nH]ncc(OCCc2ccccc2)c1Br. The van der Waals surface area contributed by atoms with Crippen molar-refractivity contribution in [2.75, 3.05) is 6.61 Å². The lowest BCUT2D eigenvalue weighted by Gasteiger charge is -2.06. The smallest absolute Gasteiger partial charge is 0.282 e. The van der Waals surface area contributed by atoms with E-state index >= 15 is 0 Å². The first-order valence-corrected chi connectivity index (χ1v) is 5.96. The monoisotopic (exact) mass is 294 g/mol. The zero-order valence-corrected chi connectivity index (χ0v) is 10.6. The highest BCUT2D eigenvalue weighted by Gasteiger charge is 2.05. The molecule has 17 heavy (non-hydrogen) atoms. The topological polar surface area (TPSA) is 55.0 Å². The third-order valence-electron chi connectivity index (χ3n) is 2.25. The second kappa shape index (κ2) is 5.63. The van der Waals surface area contributed by atoms with E-state index in [1.807, 2.05) is 30.3 Å². The number of hydrogen-bond donors (Lipinski definition) is 1. The fraction of sp³-hybridized carbons (Fsp3) is 0.167. The Kier molecular flexibility index (Phi) is 3.93. The Balaban J connectivity index is 1.95. The highest BCUT2D eigenvalue weighted by molar-refractivity contribution is 9.10. The second-order valence-corrected chi connectivity index (χ2v) is 4.25. The van der Waals surface area contributed by atoms with E-state index < -0.39 is 0 Å². The predicted octanol–water partition coefficient (Wildman–Crippen LogP) is 2.15. The van der Waals surface area contributed by atoms with E-state index in [9.17, 15) is 4.79 Å². The van der Waals surface area contributed by atoms with E-state index in [1.165, 1.54) is 11.8 Å². The molecule has 0 spiro atoms. The lowest BCUT2D eigenvalue weighted by Crippen LogP contribution is -2.11. The Hall–Kier alpha value is -1.62. The standard InChI is InChI=1S/C12H11BrN2O2/c13-11-10(8-14-15-12(11)16)17-7-6-9-4-2-1-3-5-9/h1-5,8H,6-7H2,(H,15,16). The van der Waals surface area contributed by atoms with Gasteiger partial charge in [-0.05, 0) is 21.5 Å².